The number of thiophene rings is 2. The molecule has 0 bridgehead atoms. The van der Waals surface area contributed by atoms with Gasteiger partial charge in [0.05, 0.1) is 66.5 Å². The lowest BCUT2D eigenvalue weighted by Crippen LogP contribution is -2.26. The second-order valence-corrected chi connectivity index (χ2v) is 26.1. The average molecular weight is 1210 g/mol. The van der Waals surface area contributed by atoms with E-state index in [-0.39, 0.29) is 0 Å². The second-order valence-electron chi connectivity index (χ2n) is 24.3. The van der Waals surface area contributed by atoms with Crippen molar-refractivity contribution in [3.8, 4) is 90.5 Å². The van der Waals surface area contributed by atoms with Crippen LogP contribution in [0.3, 0.4) is 0 Å². The number of imidazole rings is 2. The second kappa shape index (κ2) is 19.7. The number of aromatic nitrogens is 4. The third-order valence-corrected chi connectivity index (χ3v) is 21.9. The lowest BCUT2D eigenvalue weighted by Gasteiger charge is -2.31. The van der Waals surface area contributed by atoms with Crippen molar-refractivity contribution in [2.24, 2.45) is 0 Å². The van der Waals surface area contributed by atoms with Gasteiger partial charge in [-0.25, -0.2) is 9.97 Å². The molecule has 16 aromatic rings. The highest BCUT2D eigenvalue weighted by Crippen LogP contribution is 2.67. The normalized spacial score (nSPS) is 15.6. The first-order chi connectivity index (χ1) is 45.5. The summed E-state index contributed by atoms with van der Waals surface area (Å²) >= 11 is 3.58. The highest BCUT2D eigenvalue weighted by Gasteiger charge is 2.54. The zero-order chi connectivity index (χ0) is 61.0. The summed E-state index contributed by atoms with van der Waals surface area (Å²) in [6.45, 7) is 2.18. The molecule has 428 valence electrons. The van der Waals surface area contributed by atoms with Crippen molar-refractivity contribution in [3.05, 3.63) is 333 Å². The summed E-state index contributed by atoms with van der Waals surface area (Å²) in [4.78, 5) is 10.3. The summed E-state index contributed by atoms with van der Waals surface area (Å²) < 4.78 is 7.20. The molecule has 0 amide bonds. The minimum Gasteiger partial charge on any atom is -0.295 e. The lowest BCUT2D eigenvalue weighted by atomic mass is 9.70. The van der Waals surface area contributed by atoms with Crippen molar-refractivity contribution < 1.29 is 0 Å². The summed E-state index contributed by atoms with van der Waals surface area (Å²) in [6, 6.07) is 98.5. The van der Waals surface area contributed by atoms with Crippen LogP contribution < -0.4 is 0 Å². The van der Waals surface area contributed by atoms with Crippen LogP contribution >= 0.6 is 22.7 Å². The van der Waals surface area contributed by atoms with Gasteiger partial charge < -0.3 is 0 Å². The zero-order valence-corrected chi connectivity index (χ0v) is 51.3. The molecule has 0 fully saturated rings. The molecule has 2 spiro atoms. The SMILES string of the molecule is CCc1nc2ccccc2n1-c1cc2c(c3ccsc13)-c1ccccc1C21c2ccccc2-c2ccc(C#N)cc21.N#Cc1ccc(-c2cc3c(c4ccsc24)-c2ccccc2C32c3ccccc3-c3ccc(-c4nc5ccccc5n4-c4ccccc4)cc32)cc1. The fourth-order valence-corrected chi connectivity index (χ4v) is 18.3. The summed E-state index contributed by atoms with van der Waals surface area (Å²) in [5.74, 6) is 1.98. The third-order valence-electron chi connectivity index (χ3n) is 20.0. The van der Waals surface area contributed by atoms with Gasteiger partial charge in [-0.1, -0.05) is 177 Å². The molecular formula is C84H50N6S2. The van der Waals surface area contributed by atoms with Gasteiger partial charge in [0.15, 0.2) is 0 Å². The van der Waals surface area contributed by atoms with E-state index in [1.165, 1.54) is 120 Å². The summed E-state index contributed by atoms with van der Waals surface area (Å²) in [6.07, 6.45) is 0.835. The quantitative estimate of drug-likeness (QED) is 0.172. The summed E-state index contributed by atoms with van der Waals surface area (Å²) in [5, 5.41) is 26.5. The van der Waals surface area contributed by atoms with Crippen molar-refractivity contribution in [1.82, 2.24) is 19.1 Å². The lowest BCUT2D eigenvalue weighted by molar-refractivity contribution is 0.791. The average Bonchev–Trinajstić information content (AvgIpc) is 1.51. The molecular weight excluding hydrogens is 1160 g/mol. The number of para-hydroxylation sites is 5. The molecule has 4 aromatic heterocycles. The van der Waals surface area contributed by atoms with E-state index in [2.05, 4.69) is 282 Å². The van der Waals surface area contributed by atoms with Crippen molar-refractivity contribution in [3.63, 3.8) is 0 Å². The van der Waals surface area contributed by atoms with Crippen molar-refractivity contribution in [1.29, 1.82) is 10.5 Å². The highest BCUT2D eigenvalue weighted by molar-refractivity contribution is 7.18. The Morgan fingerprint density at radius 2 is 0.859 bits per heavy atom. The minimum absolute atomic E-state index is 0.516. The Labute approximate surface area is 538 Å². The van der Waals surface area contributed by atoms with Crippen molar-refractivity contribution >= 4 is 64.9 Å². The van der Waals surface area contributed by atoms with Gasteiger partial charge in [0, 0.05) is 33.1 Å². The van der Waals surface area contributed by atoms with E-state index in [1.54, 1.807) is 22.7 Å². The molecule has 0 saturated carbocycles. The Balaban J connectivity index is 0.000000135. The van der Waals surface area contributed by atoms with Crippen LogP contribution in [-0.4, -0.2) is 19.1 Å². The molecule has 2 atom stereocenters. The first-order valence-electron chi connectivity index (χ1n) is 31.2. The molecule has 8 heteroatoms. The number of benzene rings is 12. The fraction of sp³-hybridized carbons (Fsp3) is 0.0476. The maximum absolute atomic E-state index is 9.99. The topological polar surface area (TPSA) is 83.2 Å². The van der Waals surface area contributed by atoms with Crippen molar-refractivity contribution in [2.75, 3.05) is 0 Å². The van der Waals surface area contributed by atoms with Gasteiger partial charge >= 0.3 is 0 Å². The van der Waals surface area contributed by atoms with Crippen LogP contribution in [0.2, 0.25) is 0 Å². The highest BCUT2D eigenvalue weighted by atomic mass is 32.1. The van der Waals surface area contributed by atoms with Gasteiger partial charge in [-0.05, 0) is 202 Å². The van der Waals surface area contributed by atoms with E-state index in [0.29, 0.717) is 11.1 Å². The predicted molar refractivity (Wildman–Crippen MR) is 375 cm³/mol. The van der Waals surface area contributed by atoms with Gasteiger partial charge in [-0.2, -0.15) is 10.5 Å². The Morgan fingerprint density at radius 3 is 1.49 bits per heavy atom. The Bertz CT molecular complexity index is 5920. The number of aryl methyl sites for hydroxylation is 1. The van der Waals surface area contributed by atoms with Gasteiger partial charge in [0.1, 0.15) is 11.6 Å². The van der Waals surface area contributed by atoms with E-state index < -0.39 is 10.8 Å². The molecule has 0 aliphatic heterocycles. The van der Waals surface area contributed by atoms with Gasteiger partial charge in [-0.15, -0.1) is 22.7 Å². The largest absolute Gasteiger partial charge is 0.295 e. The van der Waals surface area contributed by atoms with Crippen LogP contribution in [-0.2, 0) is 17.3 Å². The predicted octanol–water partition coefficient (Wildman–Crippen LogP) is 20.8. The van der Waals surface area contributed by atoms with E-state index in [9.17, 15) is 10.5 Å². The number of nitrogens with zero attached hydrogens (tertiary/aromatic N) is 6. The van der Waals surface area contributed by atoms with E-state index in [0.717, 1.165) is 57.0 Å². The van der Waals surface area contributed by atoms with Crippen LogP contribution in [0.25, 0.3) is 121 Å². The monoisotopic (exact) mass is 1210 g/mol. The minimum atomic E-state index is -0.533. The third kappa shape index (κ3) is 6.94. The summed E-state index contributed by atoms with van der Waals surface area (Å²) in [5.41, 5.74) is 30.5. The number of nitriles is 2. The van der Waals surface area contributed by atoms with Crippen LogP contribution in [0, 0.1) is 22.7 Å². The number of hydrogen-bond donors (Lipinski definition) is 0. The van der Waals surface area contributed by atoms with Crippen LogP contribution in [0.15, 0.2) is 272 Å². The molecule has 4 aliphatic carbocycles. The van der Waals surface area contributed by atoms with E-state index in [1.807, 2.05) is 18.2 Å². The fourth-order valence-electron chi connectivity index (χ4n) is 16.5. The molecule has 92 heavy (non-hydrogen) atoms. The Kier molecular flexibility index (Phi) is 11.2. The Morgan fingerprint density at radius 1 is 0.380 bits per heavy atom. The molecule has 20 rings (SSSR count). The van der Waals surface area contributed by atoms with Gasteiger partial charge in [-0.3, -0.25) is 9.13 Å². The maximum atomic E-state index is 9.99. The van der Waals surface area contributed by atoms with Crippen LogP contribution in [0.5, 0.6) is 0 Å². The van der Waals surface area contributed by atoms with E-state index >= 15 is 0 Å². The molecule has 4 aliphatic rings. The zero-order valence-electron chi connectivity index (χ0n) is 49.7. The molecule has 0 saturated heterocycles. The molecule has 0 N–H and O–H groups in total. The smallest absolute Gasteiger partial charge is 0.145 e. The Hall–Kier alpha value is -11.5. The number of fused-ring (bicyclic) bond motifs is 26. The molecule has 6 nitrogen and oxygen atoms in total. The van der Waals surface area contributed by atoms with Crippen molar-refractivity contribution in [2.45, 2.75) is 24.2 Å². The molecule has 4 heterocycles. The van der Waals surface area contributed by atoms with E-state index in [4.69, 9.17) is 9.97 Å². The number of hydrogen-bond acceptors (Lipinski definition) is 6. The maximum Gasteiger partial charge on any atom is 0.145 e. The van der Waals surface area contributed by atoms with Gasteiger partial charge in [0.2, 0.25) is 0 Å². The van der Waals surface area contributed by atoms with Crippen LogP contribution in [0.1, 0.15) is 68.4 Å². The molecule has 2 unspecified atom stereocenters. The first kappa shape index (κ1) is 52.4. The first-order valence-corrected chi connectivity index (χ1v) is 33.0. The standard InChI is InChI=1S/C47H27N3S.C37H23N3S/c48-28-29-18-20-30(21-19-29)37-27-41-44(36-24-25-51-45(36)37)35-13-5-7-15-39(35)47(41)38-14-6-4-12-33(38)34-23-22-31(26-40(34)47)46-49-42-16-8-9-17-43(42)50(46)32-10-2-1-3-11-32;1-2-34-39-31-13-7-8-14-32(31)40(34)33-20-30-35(26-17-18-41-36(26)33)25-10-4-6-12-28(25)37(30)27-11-5-3-9-23(27)24-16-15-22(21-38)19-29(24)37/h1-27H;3-20H,2H2,1H3. The number of rotatable bonds is 5. The molecule has 0 radical (unpaired) electrons. The molecule has 12 aromatic carbocycles. The summed E-state index contributed by atoms with van der Waals surface area (Å²) in [7, 11) is 0. The van der Waals surface area contributed by atoms with Crippen LogP contribution in [0.4, 0.5) is 0 Å². The van der Waals surface area contributed by atoms with Gasteiger partial charge in [0.25, 0.3) is 0 Å².